The minimum atomic E-state index is -0.335. The molecule has 0 radical (unpaired) electrons. The van der Waals surface area contributed by atoms with Gasteiger partial charge in [-0.05, 0) is 25.1 Å². The molecule has 26 heavy (non-hydrogen) atoms. The summed E-state index contributed by atoms with van der Waals surface area (Å²) in [6.45, 7) is 3.01. The van der Waals surface area contributed by atoms with Gasteiger partial charge in [0.15, 0.2) is 11.5 Å². The second-order valence-electron chi connectivity index (χ2n) is 5.46. The van der Waals surface area contributed by atoms with Gasteiger partial charge in [-0.3, -0.25) is 9.59 Å². The van der Waals surface area contributed by atoms with E-state index in [-0.39, 0.29) is 18.4 Å². The number of nitrogens with one attached hydrogen (secondary N) is 1. The molecule has 0 fully saturated rings. The summed E-state index contributed by atoms with van der Waals surface area (Å²) in [5, 5.41) is 2.76. The Balaban J connectivity index is 1.66. The van der Waals surface area contributed by atoms with Crippen LogP contribution in [-0.4, -0.2) is 43.0 Å². The Labute approximate surface area is 164 Å². The highest BCUT2D eigenvalue weighted by atomic mass is 35.5. The lowest BCUT2D eigenvalue weighted by Crippen LogP contribution is -2.37. The van der Waals surface area contributed by atoms with E-state index in [1.807, 2.05) is 0 Å². The predicted octanol–water partition coefficient (Wildman–Crippen LogP) is 3.93. The number of hydrogen-bond acceptors (Lipinski definition) is 5. The van der Waals surface area contributed by atoms with Crippen LogP contribution in [0, 0.1) is 0 Å². The lowest BCUT2D eigenvalue weighted by molar-refractivity contribution is -0.116. The van der Waals surface area contributed by atoms with Gasteiger partial charge in [0.2, 0.25) is 5.91 Å². The van der Waals surface area contributed by atoms with Crippen LogP contribution >= 0.6 is 34.5 Å². The molecule has 1 aliphatic rings. The van der Waals surface area contributed by atoms with Crippen molar-refractivity contribution >= 4 is 52.0 Å². The molecule has 6 nitrogen and oxygen atoms in total. The first-order chi connectivity index (χ1) is 12.5. The third-order valence-corrected chi connectivity index (χ3v) is 5.20. The van der Waals surface area contributed by atoms with E-state index in [0.717, 1.165) is 11.3 Å². The fourth-order valence-electron chi connectivity index (χ4n) is 2.48. The van der Waals surface area contributed by atoms with Crippen molar-refractivity contribution in [2.75, 3.05) is 31.6 Å². The third-order valence-electron chi connectivity index (χ3n) is 3.72. The summed E-state index contributed by atoms with van der Waals surface area (Å²) in [4.78, 5) is 26.3. The molecule has 0 unspecified atom stereocenters. The van der Waals surface area contributed by atoms with Crippen molar-refractivity contribution < 1.29 is 19.1 Å². The van der Waals surface area contributed by atoms with E-state index in [2.05, 4.69) is 5.32 Å². The minimum absolute atomic E-state index is 0.104. The van der Waals surface area contributed by atoms with Crippen LogP contribution in [0.2, 0.25) is 8.67 Å². The quantitative estimate of drug-likeness (QED) is 0.804. The zero-order valence-electron chi connectivity index (χ0n) is 13.9. The van der Waals surface area contributed by atoms with Gasteiger partial charge in [-0.1, -0.05) is 23.2 Å². The number of ether oxygens (including phenoxy) is 2. The van der Waals surface area contributed by atoms with Gasteiger partial charge in [0.05, 0.1) is 9.90 Å². The molecule has 138 valence electrons. The van der Waals surface area contributed by atoms with Crippen LogP contribution < -0.4 is 14.8 Å². The molecular formula is C17H16Cl2N2O4S. The second kappa shape index (κ2) is 8.16. The first kappa shape index (κ1) is 18.8. The van der Waals surface area contributed by atoms with Gasteiger partial charge in [-0.25, -0.2) is 0 Å². The molecule has 0 bridgehead atoms. The van der Waals surface area contributed by atoms with Crippen LogP contribution in [0.25, 0.3) is 0 Å². The topological polar surface area (TPSA) is 67.9 Å². The smallest absolute Gasteiger partial charge is 0.256 e. The maximum absolute atomic E-state index is 12.6. The van der Waals surface area contributed by atoms with Gasteiger partial charge in [-0.2, -0.15) is 0 Å². The summed E-state index contributed by atoms with van der Waals surface area (Å²) in [5.74, 6) is 0.563. The number of nitrogens with zero attached hydrogens (tertiary/aromatic N) is 1. The highest BCUT2D eigenvalue weighted by Gasteiger charge is 2.22. The fourth-order valence-corrected chi connectivity index (χ4v) is 3.93. The Bertz CT molecular complexity index is 840. The van der Waals surface area contributed by atoms with E-state index in [1.165, 1.54) is 11.0 Å². The average Bonchev–Trinajstić information content (AvgIpc) is 2.97. The van der Waals surface area contributed by atoms with Crippen molar-refractivity contribution in [1.82, 2.24) is 4.90 Å². The Kier molecular flexibility index (Phi) is 5.90. The summed E-state index contributed by atoms with van der Waals surface area (Å²) in [6, 6.07) is 6.66. The Hall–Kier alpha value is -1.96. The van der Waals surface area contributed by atoms with E-state index in [4.69, 9.17) is 32.7 Å². The number of carbonyl (C=O) groups is 2. The van der Waals surface area contributed by atoms with Gasteiger partial charge in [-0.15, -0.1) is 11.3 Å². The zero-order chi connectivity index (χ0) is 18.7. The molecular weight excluding hydrogens is 399 g/mol. The van der Waals surface area contributed by atoms with E-state index in [9.17, 15) is 9.59 Å². The van der Waals surface area contributed by atoms with Crippen molar-refractivity contribution in [3.8, 4) is 11.5 Å². The molecule has 1 N–H and O–H groups in total. The average molecular weight is 415 g/mol. The Morgan fingerprint density at radius 1 is 1.19 bits per heavy atom. The normalized spacial score (nSPS) is 12.6. The van der Waals surface area contributed by atoms with E-state index < -0.39 is 0 Å². The number of hydrogen-bond donors (Lipinski definition) is 1. The lowest BCUT2D eigenvalue weighted by atomic mass is 10.2. The van der Waals surface area contributed by atoms with Gasteiger partial charge in [0, 0.05) is 18.3 Å². The van der Waals surface area contributed by atoms with E-state index in [1.54, 1.807) is 25.1 Å². The highest BCUT2D eigenvalue weighted by Crippen LogP contribution is 2.33. The van der Waals surface area contributed by atoms with Crippen LogP contribution in [0.5, 0.6) is 11.5 Å². The highest BCUT2D eigenvalue weighted by molar-refractivity contribution is 7.20. The summed E-state index contributed by atoms with van der Waals surface area (Å²) in [7, 11) is 0. The Morgan fingerprint density at radius 3 is 2.58 bits per heavy atom. The molecule has 2 aromatic rings. The number of halogens is 2. The summed E-state index contributed by atoms with van der Waals surface area (Å²) >= 11 is 13.0. The SMILES string of the molecule is CCN(CC(=O)Nc1ccc2c(c1)OCCO2)C(=O)c1cc(Cl)sc1Cl. The van der Waals surface area contributed by atoms with Crippen LogP contribution in [0.1, 0.15) is 17.3 Å². The molecule has 1 aromatic heterocycles. The van der Waals surface area contributed by atoms with Gasteiger partial charge < -0.3 is 19.7 Å². The van der Waals surface area contributed by atoms with Gasteiger partial charge >= 0.3 is 0 Å². The molecule has 1 aliphatic heterocycles. The molecule has 0 spiro atoms. The lowest BCUT2D eigenvalue weighted by Gasteiger charge is -2.21. The Morgan fingerprint density at radius 2 is 1.92 bits per heavy atom. The number of thiophene rings is 1. The third kappa shape index (κ3) is 4.23. The number of benzene rings is 1. The molecule has 1 aromatic carbocycles. The van der Waals surface area contributed by atoms with Crippen molar-refractivity contribution in [2.24, 2.45) is 0 Å². The molecule has 0 saturated carbocycles. The number of rotatable bonds is 5. The minimum Gasteiger partial charge on any atom is -0.486 e. The first-order valence-corrected chi connectivity index (χ1v) is 9.48. The van der Waals surface area contributed by atoms with Gasteiger partial charge in [0.1, 0.15) is 24.1 Å². The van der Waals surface area contributed by atoms with Crippen molar-refractivity contribution in [2.45, 2.75) is 6.92 Å². The van der Waals surface area contributed by atoms with Gasteiger partial charge in [0.25, 0.3) is 5.91 Å². The van der Waals surface area contributed by atoms with E-state index >= 15 is 0 Å². The summed E-state index contributed by atoms with van der Waals surface area (Å²) in [6.07, 6.45) is 0. The number of fused-ring (bicyclic) bond motifs is 1. The van der Waals surface area contributed by atoms with Crippen molar-refractivity contribution in [3.63, 3.8) is 0 Å². The maximum Gasteiger partial charge on any atom is 0.256 e. The fraction of sp³-hybridized carbons (Fsp3) is 0.294. The molecule has 0 aliphatic carbocycles. The van der Waals surface area contributed by atoms with Crippen molar-refractivity contribution in [1.29, 1.82) is 0 Å². The number of carbonyl (C=O) groups excluding carboxylic acids is 2. The maximum atomic E-state index is 12.6. The van der Waals surface area contributed by atoms with Crippen LogP contribution in [-0.2, 0) is 4.79 Å². The molecule has 0 atom stereocenters. The van der Waals surface area contributed by atoms with Crippen LogP contribution in [0.15, 0.2) is 24.3 Å². The molecule has 2 heterocycles. The summed E-state index contributed by atoms with van der Waals surface area (Å²) in [5.41, 5.74) is 0.870. The molecule has 2 amide bonds. The molecule has 0 saturated heterocycles. The number of amides is 2. The zero-order valence-corrected chi connectivity index (χ0v) is 16.2. The second-order valence-corrected chi connectivity index (χ2v) is 7.75. The number of likely N-dealkylation sites (N-methyl/N-ethyl adjacent to an activating group) is 1. The van der Waals surface area contributed by atoms with Crippen molar-refractivity contribution in [3.05, 3.63) is 38.5 Å². The molecule has 3 rings (SSSR count). The van der Waals surface area contributed by atoms with Crippen LogP contribution in [0.3, 0.4) is 0 Å². The predicted molar refractivity (Wildman–Crippen MR) is 102 cm³/mol. The van der Waals surface area contributed by atoms with Crippen LogP contribution in [0.4, 0.5) is 5.69 Å². The standard InChI is InChI=1S/C17H16Cl2N2O4S/c1-2-21(17(23)11-8-14(18)26-16(11)19)9-15(22)20-10-3-4-12-13(7-10)25-6-5-24-12/h3-4,7-8H,2,5-6,9H2,1H3,(H,20,22). The van der Waals surface area contributed by atoms with E-state index in [0.29, 0.717) is 51.2 Å². The molecule has 9 heteroatoms. The first-order valence-electron chi connectivity index (χ1n) is 7.91. The summed E-state index contributed by atoms with van der Waals surface area (Å²) < 4.78 is 11.7. The monoisotopic (exact) mass is 414 g/mol. The number of anilines is 1. The largest absolute Gasteiger partial charge is 0.486 e.